The molecule has 2 aromatic heterocycles. The molecule has 3 rings (SSSR count). The standard InChI is InChI=1S/C15H11F3N6O/c16-15(17,18)12-7-10(1-2-21-12)24-6-5-23(9-13(24)25)14-11(8-19)20-3-4-22-14/h1-4,7H,5-6,9H2. The molecule has 128 valence electrons. The number of hydrogen-bond acceptors (Lipinski definition) is 6. The summed E-state index contributed by atoms with van der Waals surface area (Å²) in [6.07, 6.45) is -0.780. The van der Waals surface area contributed by atoms with E-state index in [2.05, 4.69) is 15.0 Å². The Bertz CT molecular complexity index is 848. The van der Waals surface area contributed by atoms with Crippen LogP contribution < -0.4 is 9.80 Å². The minimum atomic E-state index is -4.58. The van der Waals surface area contributed by atoms with Crippen molar-refractivity contribution >= 4 is 17.4 Å². The topological polar surface area (TPSA) is 86.0 Å². The summed E-state index contributed by atoms with van der Waals surface area (Å²) in [6, 6.07) is 4.10. The summed E-state index contributed by atoms with van der Waals surface area (Å²) in [4.78, 5) is 26.5. The lowest BCUT2D eigenvalue weighted by Crippen LogP contribution is -2.51. The van der Waals surface area contributed by atoms with Crippen molar-refractivity contribution in [2.45, 2.75) is 6.18 Å². The Kier molecular flexibility index (Phi) is 4.22. The van der Waals surface area contributed by atoms with Gasteiger partial charge in [-0.05, 0) is 12.1 Å². The summed E-state index contributed by atoms with van der Waals surface area (Å²) in [5, 5.41) is 9.06. The van der Waals surface area contributed by atoms with Gasteiger partial charge in [0, 0.05) is 37.4 Å². The second-order valence-corrected chi connectivity index (χ2v) is 5.20. The predicted molar refractivity (Wildman–Crippen MR) is 80.6 cm³/mol. The highest BCUT2D eigenvalue weighted by Crippen LogP contribution is 2.30. The molecule has 0 atom stereocenters. The van der Waals surface area contributed by atoms with E-state index in [4.69, 9.17) is 5.26 Å². The van der Waals surface area contributed by atoms with Crippen molar-refractivity contribution in [3.8, 4) is 6.07 Å². The van der Waals surface area contributed by atoms with E-state index in [1.165, 1.54) is 23.4 Å². The van der Waals surface area contributed by atoms with Crippen LogP contribution in [-0.4, -0.2) is 40.5 Å². The first-order chi connectivity index (χ1) is 11.9. The molecule has 7 nitrogen and oxygen atoms in total. The van der Waals surface area contributed by atoms with Crippen LogP contribution in [0.2, 0.25) is 0 Å². The van der Waals surface area contributed by atoms with Crippen LogP contribution in [0.3, 0.4) is 0 Å². The number of carbonyl (C=O) groups is 1. The van der Waals surface area contributed by atoms with Crippen LogP contribution in [0, 0.1) is 11.3 Å². The second kappa shape index (κ2) is 6.35. The average Bonchev–Trinajstić information content (AvgIpc) is 2.61. The third kappa shape index (κ3) is 3.35. The molecular formula is C15H11F3N6O. The van der Waals surface area contributed by atoms with E-state index >= 15 is 0 Å². The number of halogens is 3. The Morgan fingerprint density at radius 2 is 1.88 bits per heavy atom. The van der Waals surface area contributed by atoms with Crippen molar-refractivity contribution in [3.05, 3.63) is 42.1 Å². The highest BCUT2D eigenvalue weighted by Gasteiger charge is 2.34. The number of pyridine rings is 1. The Hall–Kier alpha value is -3.22. The molecule has 1 aliphatic rings. The SMILES string of the molecule is N#Cc1nccnc1N1CCN(c2ccnc(C(F)(F)F)c2)C(=O)C1. The molecule has 0 aromatic carbocycles. The number of amides is 1. The fourth-order valence-corrected chi connectivity index (χ4v) is 2.51. The first-order valence-corrected chi connectivity index (χ1v) is 7.20. The zero-order valence-electron chi connectivity index (χ0n) is 12.7. The number of carbonyl (C=O) groups excluding carboxylic acids is 1. The van der Waals surface area contributed by atoms with Gasteiger partial charge >= 0.3 is 6.18 Å². The summed E-state index contributed by atoms with van der Waals surface area (Å²) in [5.41, 5.74) is -0.834. The molecule has 3 heterocycles. The van der Waals surface area contributed by atoms with E-state index in [9.17, 15) is 18.0 Å². The number of piperazine rings is 1. The predicted octanol–water partition coefficient (Wildman–Crippen LogP) is 1.62. The van der Waals surface area contributed by atoms with Crippen molar-refractivity contribution in [2.24, 2.45) is 0 Å². The highest BCUT2D eigenvalue weighted by atomic mass is 19.4. The molecule has 1 aliphatic heterocycles. The fraction of sp³-hybridized carbons (Fsp3) is 0.267. The number of nitriles is 1. The van der Waals surface area contributed by atoms with Crippen LogP contribution in [0.25, 0.3) is 0 Å². The zero-order chi connectivity index (χ0) is 18.0. The third-order valence-electron chi connectivity index (χ3n) is 3.65. The average molecular weight is 348 g/mol. The van der Waals surface area contributed by atoms with Gasteiger partial charge in [0.2, 0.25) is 5.91 Å². The first-order valence-electron chi connectivity index (χ1n) is 7.20. The number of rotatable bonds is 2. The quantitative estimate of drug-likeness (QED) is 0.820. The molecule has 0 unspecified atom stereocenters. The van der Waals surface area contributed by atoms with Crippen molar-refractivity contribution in [1.29, 1.82) is 5.26 Å². The van der Waals surface area contributed by atoms with Crippen LogP contribution in [0.1, 0.15) is 11.4 Å². The molecule has 1 saturated heterocycles. The molecule has 0 bridgehead atoms. The molecule has 1 amide bonds. The Labute approximate surface area is 140 Å². The lowest BCUT2D eigenvalue weighted by Gasteiger charge is -2.35. The Balaban J connectivity index is 1.81. The number of alkyl halides is 3. The van der Waals surface area contributed by atoms with Gasteiger partial charge in [0.15, 0.2) is 11.5 Å². The summed E-state index contributed by atoms with van der Waals surface area (Å²) in [6.45, 7) is 0.349. The minimum Gasteiger partial charge on any atom is -0.343 e. The molecule has 25 heavy (non-hydrogen) atoms. The minimum absolute atomic E-state index is 0.0898. The summed E-state index contributed by atoms with van der Waals surface area (Å²) in [7, 11) is 0. The first kappa shape index (κ1) is 16.6. The van der Waals surface area contributed by atoms with Crippen LogP contribution in [0.4, 0.5) is 24.7 Å². The van der Waals surface area contributed by atoms with E-state index in [0.29, 0.717) is 6.54 Å². The molecule has 0 spiro atoms. The highest BCUT2D eigenvalue weighted by molar-refractivity contribution is 5.97. The van der Waals surface area contributed by atoms with E-state index in [1.807, 2.05) is 6.07 Å². The van der Waals surface area contributed by atoms with E-state index < -0.39 is 17.8 Å². The molecule has 10 heteroatoms. The normalized spacial score (nSPS) is 15.2. The lowest BCUT2D eigenvalue weighted by atomic mass is 10.2. The van der Waals surface area contributed by atoms with Gasteiger partial charge in [-0.15, -0.1) is 0 Å². The third-order valence-corrected chi connectivity index (χ3v) is 3.65. The lowest BCUT2D eigenvalue weighted by molar-refractivity contribution is -0.141. The van der Waals surface area contributed by atoms with Crippen LogP contribution in [0.5, 0.6) is 0 Å². The van der Waals surface area contributed by atoms with E-state index in [1.54, 1.807) is 4.90 Å². The molecule has 0 radical (unpaired) electrons. The molecule has 1 fully saturated rings. The van der Waals surface area contributed by atoms with Crippen molar-refractivity contribution < 1.29 is 18.0 Å². The van der Waals surface area contributed by atoms with Gasteiger partial charge in [-0.1, -0.05) is 0 Å². The maximum Gasteiger partial charge on any atom is 0.433 e. The Morgan fingerprint density at radius 1 is 1.12 bits per heavy atom. The second-order valence-electron chi connectivity index (χ2n) is 5.20. The van der Waals surface area contributed by atoms with Gasteiger partial charge in [0.25, 0.3) is 0 Å². The van der Waals surface area contributed by atoms with Gasteiger partial charge in [0.1, 0.15) is 11.8 Å². The number of aromatic nitrogens is 3. The summed E-state index contributed by atoms with van der Waals surface area (Å²) in [5.74, 6) is -0.121. The number of nitrogens with zero attached hydrogens (tertiary/aromatic N) is 6. The van der Waals surface area contributed by atoms with Crippen LogP contribution in [-0.2, 0) is 11.0 Å². The summed E-state index contributed by atoms with van der Waals surface area (Å²) < 4.78 is 38.3. The van der Waals surface area contributed by atoms with E-state index in [-0.39, 0.29) is 30.3 Å². The smallest absolute Gasteiger partial charge is 0.343 e. The zero-order valence-corrected chi connectivity index (χ0v) is 12.7. The van der Waals surface area contributed by atoms with E-state index in [0.717, 1.165) is 12.3 Å². The van der Waals surface area contributed by atoms with Gasteiger partial charge in [-0.2, -0.15) is 18.4 Å². The van der Waals surface area contributed by atoms with Gasteiger partial charge < -0.3 is 9.80 Å². The largest absolute Gasteiger partial charge is 0.433 e. The molecule has 2 aromatic rings. The van der Waals surface area contributed by atoms with Gasteiger partial charge in [0.05, 0.1) is 6.54 Å². The van der Waals surface area contributed by atoms with Gasteiger partial charge in [-0.3, -0.25) is 9.78 Å². The Morgan fingerprint density at radius 3 is 2.56 bits per heavy atom. The monoisotopic (exact) mass is 348 g/mol. The molecule has 0 N–H and O–H groups in total. The maximum absolute atomic E-state index is 12.8. The molecule has 0 aliphatic carbocycles. The molecular weight excluding hydrogens is 337 g/mol. The molecule has 0 saturated carbocycles. The van der Waals surface area contributed by atoms with Crippen LogP contribution in [0.15, 0.2) is 30.7 Å². The summed E-state index contributed by atoms with van der Waals surface area (Å²) >= 11 is 0. The number of anilines is 2. The van der Waals surface area contributed by atoms with Crippen molar-refractivity contribution in [1.82, 2.24) is 15.0 Å². The maximum atomic E-state index is 12.8. The van der Waals surface area contributed by atoms with Crippen molar-refractivity contribution in [2.75, 3.05) is 29.4 Å². The fourth-order valence-electron chi connectivity index (χ4n) is 2.51. The van der Waals surface area contributed by atoms with Gasteiger partial charge in [-0.25, -0.2) is 9.97 Å². The van der Waals surface area contributed by atoms with Crippen LogP contribution >= 0.6 is 0 Å². The van der Waals surface area contributed by atoms with Crippen molar-refractivity contribution in [3.63, 3.8) is 0 Å². The number of hydrogen-bond donors (Lipinski definition) is 0.